The molecule has 0 spiro atoms. The number of hydrogen-bond acceptors (Lipinski definition) is 4. The van der Waals surface area contributed by atoms with E-state index in [1.807, 2.05) is 60.7 Å². The van der Waals surface area contributed by atoms with E-state index in [0.29, 0.717) is 16.7 Å². The maximum atomic E-state index is 10.2. The van der Waals surface area contributed by atoms with E-state index < -0.39 is 0 Å². The van der Waals surface area contributed by atoms with Crippen molar-refractivity contribution in [1.29, 1.82) is 5.26 Å². The number of pyridine rings is 1. The second-order valence-corrected chi connectivity index (χ2v) is 10.6. The number of aromatic nitrogens is 1. The summed E-state index contributed by atoms with van der Waals surface area (Å²) in [6.45, 7) is 0. The first-order chi connectivity index (χ1) is 20.8. The topological polar surface area (TPSA) is 63.0 Å². The lowest BCUT2D eigenvalue weighted by atomic mass is 9.90. The van der Waals surface area contributed by atoms with Gasteiger partial charge in [-0.3, -0.25) is 0 Å². The Balaban J connectivity index is 1.42. The van der Waals surface area contributed by atoms with E-state index in [1.165, 1.54) is 10.8 Å². The Morgan fingerprint density at radius 1 is 0.524 bits per heavy atom. The molecule has 42 heavy (non-hydrogen) atoms. The third kappa shape index (κ3) is 3.19. The molecule has 4 heteroatoms. The molecule has 0 radical (unpaired) electrons. The van der Waals surface area contributed by atoms with Crippen LogP contribution in [-0.2, 0) is 0 Å². The summed E-state index contributed by atoms with van der Waals surface area (Å²) in [6, 6.07) is 43.4. The van der Waals surface area contributed by atoms with E-state index >= 15 is 0 Å². The van der Waals surface area contributed by atoms with E-state index in [-0.39, 0.29) is 0 Å². The van der Waals surface area contributed by atoms with Crippen LogP contribution >= 0.6 is 0 Å². The molecule has 0 bridgehead atoms. The van der Waals surface area contributed by atoms with Gasteiger partial charge >= 0.3 is 0 Å². The van der Waals surface area contributed by atoms with Crippen molar-refractivity contribution in [3.63, 3.8) is 0 Å². The first kappa shape index (κ1) is 22.9. The Morgan fingerprint density at radius 3 is 1.74 bits per heavy atom. The van der Waals surface area contributed by atoms with Crippen LogP contribution in [0.2, 0.25) is 0 Å². The summed E-state index contributed by atoms with van der Waals surface area (Å²) in [7, 11) is 0. The molecule has 0 saturated heterocycles. The van der Waals surface area contributed by atoms with Gasteiger partial charge in [0.05, 0.1) is 17.2 Å². The molecule has 0 atom stereocenters. The molecule has 0 amide bonds. The lowest BCUT2D eigenvalue weighted by molar-refractivity contribution is 0.657. The molecule has 9 rings (SSSR count). The third-order valence-electron chi connectivity index (χ3n) is 8.25. The Labute approximate surface area is 239 Å². The average molecular weight is 537 g/mol. The molecule has 0 aliphatic heterocycles. The SMILES string of the molecule is N#Cc1cc(-c2cc3ccccc3c3ccccc23)cc(-c2c3oc4ccccc4c3nc3c2oc2ccccc23)c1. The smallest absolute Gasteiger partial charge is 0.165 e. The number of benzene rings is 6. The molecular weight excluding hydrogens is 516 g/mol. The first-order valence-electron chi connectivity index (χ1n) is 13.9. The van der Waals surface area contributed by atoms with E-state index in [4.69, 9.17) is 13.8 Å². The Morgan fingerprint density at radius 2 is 1.07 bits per heavy atom. The minimum absolute atomic E-state index is 0.560. The number of hydrogen-bond donors (Lipinski definition) is 0. The first-order valence-corrected chi connectivity index (χ1v) is 13.9. The van der Waals surface area contributed by atoms with Gasteiger partial charge in [-0.05, 0) is 86.8 Å². The van der Waals surface area contributed by atoms with Crippen LogP contribution in [0.1, 0.15) is 5.56 Å². The standard InChI is InChI=1S/C38H20N2O2/c39-21-22-17-24(31-20-23-9-1-2-10-26(23)27-11-3-4-12-28(27)31)19-25(18-22)34-37-35(29-13-5-7-15-32(29)41-37)40-36-30-14-6-8-16-33(30)42-38(34)36/h1-20H. The summed E-state index contributed by atoms with van der Waals surface area (Å²) >= 11 is 0. The Bertz CT molecular complexity index is 2510. The van der Waals surface area contributed by atoms with Crippen molar-refractivity contribution in [2.24, 2.45) is 0 Å². The van der Waals surface area contributed by atoms with E-state index in [1.54, 1.807) is 0 Å². The molecule has 3 heterocycles. The van der Waals surface area contributed by atoms with Gasteiger partial charge in [-0.1, -0.05) is 72.8 Å². The van der Waals surface area contributed by atoms with E-state index in [0.717, 1.165) is 66.0 Å². The van der Waals surface area contributed by atoms with Crippen molar-refractivity contribution in [3.8, 4) is 28.3 Å². The summed E-state index contributed by atoms with van der Waals surface area (Å²) in [6.07, 6.45) is 0. The molecule has 0 unspecified atom stereocenters. The zero-order valence-electron chi connectivity index (χ0n) is 22.3. The highest BCUT2D eigenvalue weighted by atomic mass is 16.3. The number of nitriles is 1. The molecule has 0 aliphatic rings. The molecule has 0 aliphatic carbocycles. The maximum absolute atomic E-state index is 10.2. The average Bonchev–Trinajstić information content (AvgIpc) is 3.61. The van der Waals surface area contributed by atoms with Crippen LogP contribution in [0.3, 0.4) is 0 Å². The molecule has 194 valence electrons. The lowest BCUT2D eigenvalue weighted by Gasteiger charge is -2.13. The zero-order chi connectivity index (χ0) is 27.8. The van der Waals surface area contributed by atoms with Gasteiger partial charge in [-0.2, -0.15) is 5.26 Å². The van der Waals surface area contributed by atoms with Gasteiger partial charge in [-0.25, -0.2) is 4.98 Å². The normalized spacial score (nSPS) is 11.8. The van der Waals surface area contributed by atoms with Gasteiger partial charge in [0.25, 0.3) is 0 Å². The fourth-order valence-electron chi connectivity index (χ4n) is 6.39. The predicted molar refractivity (Wildman–Crippen MR) is 169 cm³/mol. The van der Waals surface area contributed by atoms with Crippen LogP contribution in [0.4, 0.5) is 0 Å². The second kappa shape index (κ2) is 8.54. The quantitative estimate of drug-likeness (QED) is 0.206. The molecule has 4 nitrogen and oxygen atoms in total. The van der Waals surface area contributed by atoms with E-state index in [9.17, 15) is 5.26 Å². The van der Waals surface area contributed by atoms with E-state index in [2.05, 4.69) is 66.7 Å². The summed E-state index contributed by atoms with van der Waals surface area (Å²) in [5.74, 6) is 0. The number of rotatable bonds is 2. The molecule has 9 aromatic rings. The molecule has 0 saturated carbocycles. The molecule has 6 aromatic carbocycles. The number of nitrogens with zero attached hydrogens (tertiary/aromatic N) is 2. The van der Waals surface area contributed by atoms with Gasteiger partial charge in [0.2, 0.25) is 0 Å². The summed E-state index contributed by atoms with van der Waals surface area (Å²) in [4.78, 5) is 5.09. The van der Waals surface area contributed by atoms with Crippen LogP contribution in [0.25, 0.3) is 87.9 Å². The van der Waals surface area contributed by atoms with Crippen molar-refractivity contribution >= 4 is 65.7 Å². The predicted octanol–water partition coefficient (Wildman–Crippen LogP) is 10.4. The lowest BCUT2D eigenvalue weighted by Crippen LogP contribution is -1.90. The molecule has 3 aromatic heterocycles. The second-order valence-electron chi connectivity index (χ2n) is 10.6. The highest BCUT2D eigenvalue weighted by molar-refractivity contribution is 6.19. The maximum Gasteiger partial charge on any atom is 0.165 e. The molecule has 0 fully saturated rings. The monoisotopic (exact) mass is 536 g/mol. The number of fused-ring (bicyclic) bond motifs is 9. The molecular formula is C38H20N2O2. The van der Waals surface area contributed by atoms with Gasteiger partial charge < -0.3 is 8.83 Å². The van der Waals surface area contributed by atoms with Crippen molar-refractivity contribution in [3.05, 3.63) is 127 Å². The Hall–Kier alpha value is -5.92. The van der Waals surface area contributed by atoms with Crippen LogP contribution in [-0.4, -0.2) is 4.98 Å². The summed E-state index contributed by atoms with van der Waals surface area (Å²) in [5, 5.41) is 16.8. The van der Waals surface area contributed by atoms with Gasteiger partial charge in [0.15, 0.2) is 11.2 Å². The minimum atomic E-state index is 0.560. The van der Waals surface area contributed by atoms with Crippen molar-refractivity contribution in [2.45, 2.75) is 0 Å². The fraction of sp³-hybridized carbons (Fsp3) is 0. The van der Waals surface area contributed by atoms with Crippen LogP contribution < -0.4 is 0 Å². The summed E-state index contributed by atoms with van der Waals surface area (Å²) in [5.41, 5.74) is 8.59. The fourth-order valence-corrected chi connectivity index (χ4v) is 6.39. The minimum Gasteiger partial charge on any atom is -0.454 e. The van der Waals surface area contributed by atoms with Gasteiger partial charge in [-0.15, -0.1) is 0 Å². The van der Waals surface area contributed by atoms with Gasteiger partial charge in [0.1, 0.15) is 22.2 Å². The summed E-state index contributed by atoms with van der Waals surface area (Å²) < 4.78 is 13.0. The van der Waals surface area contributed by atoms with Crippen LogP contribution in [0, 0.1) is 11.3 Å². The van der Waals surface area contributed by atoms with Crippen molar-refractivity contribution < 1.29 is 8.83 Å². The number of furan rings is 2. The van der Waals surface area contributed by atoms with Crippen LogP contribution in [0.15, 0.2) is 130 Å². The Kier molecular flexibility index (Phi) is 4.65. The van der Waals surface area contributed by atoms with Crippen LogP contribution in [0.5, 0.6) is 0 Å². The van der Waals surface area contributed by atoms with Gasteiger partial charge in [0, 0.05) is 10.8 Å². The third-order valence-corrected chi connectivity index (χ3v) is 8.25. The van der Waals surface area contributed by atoms with Crippen molar-refractivity contribution in [1.82, 2.24) is 4.98 Å². The zero-order valence-corrected chi connectivity index (χ0v) is 22.3. The largest absolute Gasteiger partial charge is 0.454 e. The highest BCUT2D eigenvalue weighted by Gasteiger charge is 2.23. The highest BCUT2D eigenvalue weighted by Crippen LogP contribution is 2.44. The van der Waals surface area contributed by atoms with Crippen molar-refractivity contribution in [2.75, 3.05) is 0 Å². The number of para-hydroxylation sites is 2. The molecule has 0 N–H and O–H groups in total.